The molecule has 0 N–H and O–H groups in total. The van der Waals surface area contributed by atoms with E-state index in [2.05, 4.69) is 15.1 Å². The lowest BCUT2D eigenvalue weighted by Gasteiger charge is -2.46. The summed E-state index contributed by atoms with van der Waals surface area (Å²) in [6.45, 7) is 4.42. The zero-order chi connectivity index (χ0) is 26.3. The monoisotopic (exact) mass is 506 g/mol. The number of para-hydroxylation sites is 1. The molecule has 5 rings (SSSR count). The van der Waals surface area contributed by atoms with Crippen LogP contribution in [0.25, 0.3) is 16.5 Å². The van der Waals surface area contributed by atoms with Gasteiger partial charge >= 0.3 is 0 Å². The highest BCUT2D eigenvalue weighted by atomic mass is 19.2. The van der Waals surface area contributed by atoms with Gasteiger partial charge in [-0.2, -0.15) is 0 Å². The Kier molecular flexibility index (Phi) is 6.06. The fourth-order valence-corrected chi connectivity index (χ4v) is 4.53. The number of piperazine rings is 1. The van der Waals surface area contributed by atoms with E-state index in [-0.39, 0.29) is 48.3 Å². The van der Waals surface area contributed by atoms with Crippen LogP contribution in [-0.4, -0.2) is 73.6 Å². The average Bonchev–Trinajstić information content (AvgIpc) is 3.38. The summed E-state index contributed by atoms with van der Waals surface area (Å²) in [6.07, 6.45) is 1.49. The molecule has 1 aliphatic heterocycles. The van der Waals surface area contributed by atoms with Crippen molar-refractivity contribution in [2.45, 2.75) is 19.4 Å². The van der Waals surface area contributed by atoms with Gasteiger partial charge in [-0.15, -0.1) is 5.10 Å². The van der Waals surface area contributed by atoms with Gasteiger partial charge in [-0.25, -0.2) is 23.4 Å². The van der Waals surface area contributed by atoms with Crippen LogP contribution in [0.2, 0.25) is 0 Å². The number of hydrogen-bond acceptors (Lipinski definition) is 6. The Bertz CT molecular complexity index is 1510. The third-order valence-corrected chi connectivity index (χ3v) is 6.39. The van der Waals surface area contributed by atoms with E-state index in [1.54, 1.807) is 9.80 Å². The molecule has 1 saturated heterocycles. The third-order valence-electron chi connectivity index (χ3n) is 6.39. The molecule has 0 atom stereocenters. The van der Waals surface area contributed by atoms with Crippen LogP contribution >= 0.6 is 0 Å². The number of methoxy groups -OCH3 is 1. The maximum Gasteiger partial charge on any atom is 0.294 e. The molecule has 0 saturated carbocycles. The topological polar surface area (TPSA) is 93.5 Å². The lowest BCUT2D eigenvalue weighted by atomic mass is 9.98. The van der Waals surface area contributed by atoms with Gasteiger partial charge in [0.2, 0.25) is 11.7 Å². The number of rotatable bonds is 4. The molecule has 4 aromatic rings. The Morgan fingerprint density at radius 2 is 1.73 bits per heavy atom. The molecule has 9 nitrogen and oxygen atoms in total. The molecule has 1 aliphatic rings. The zero-order valence-electron chi connectivity index (χ0n) is 20.5. The Morgan fingerprint density at radius 1 is 1.00 bits per heavy atom. The second-order valence-electron chi connectivity index (χ2n) is 9.35. The molecule has 0 radical (unpaired) electrons. The first-order valence-corrected chi connectivity index (χ1v) is 11.6. The number of halogens is 2. The number of ether oxygens (including phenoxy) is 1. The lowest BCUT2D eigenvalue weighted by molar-refractivity contribution is 0.0158. The van der Waals surface area contributed by atoms with Crippen molar-refractivity contribution >= 4 is 22.6 Å². The van der Waals surface area contributed by atoms with E-state index in [1.165, 1.54) is 24.2 Å². The largest absolute Gasteiger partial charge is 0.481 e. The van der Waals surface area contributed by atoms with Gasteiger partial charge in [0, 0.05) is 25.0 Å². The van der Waals surface area contributed by atoms with Crippen LogP contribution < -0.4 is 4.74 Å². The summed E-state index contributed by atoms with van der Waals surface area (Å²) in [6, 6.07) is 12.7. The second kappa shape index (κ2) is 9.23. The quantitative estimate of drug-likeness (QED) is 0.421. The fraction of sp³-hybridized carbons (Fsp3) is 0.269. The summed E-state index contributed by atoms with van der Waals surface area (Å²) in [5.41, 5.74) is 0.0817. The van der Waals surface area contributed by atoms with Crippen LogP contribution in [0.1, 0.15) is 35.0 Å². The van der Waals surface area contributed by atoms with E-state index in [4.69, 9.17) is 4.74 Å². The number of benzene rings is 2. The molecule has 190 valence electrons. The van der Waals surface area contributed by atoms with Crippen molar-refractivity contribution in [3.05, 3.63) is 78.0 Å². The van der Waals surface area contributed by atoms with Crippen LogP contribution in [0, 0.1) is 11.6 Å². The minimum Gasteiger partial charge on any atom is -0.481 e. The van der Waals surface area contributed by atoms with Crippen molar-refractivity contribution < 1.29 is 23.1 Å². The van der Waals surface area contributed by atoms with Crippen molar-refractivity contribution in [1.82, 2.24) is 29.5 Å². The molecule has 2 aromatic carbocycles. The number of carbonyl (C=O) groups excluding carboxylic acids is 2. The van der Waals surface area contributed by atoms with Crippen molar-refractivity contribution in [1.29, 1.82) is 0 Å². The van der Waals surface area contributed by atoms with E-state index < -0.39 is 23.1 Å². The zero-order valence-corrected chi connectivity index (χ0v) is 20.5. The summed E-state index contributed by atoms with van der Waals surface area (Å²) in [4.78, 5) is 38.3. The fourth-order valence-electron chi connectivity index (χ4n) is 4.53. The molecule has 0 unspecified atom stereocenters. The van der Waals surface area contributed by atoms with Crippen molar-refractivity contribution in [3.8, 4) is 11.6 Å². The number of carbonyl (C=O) groups is 2. The van der Waals surface area contributed by atoms with Crippen LogP contribution in [-0.2, 0) is 0 Å². The highest BCUT2D eigenvalue weighted by molar-refractivity contribution is 5.98. The highest BCUT2D eigenvalue weighted by Gasteiger charge is 2.40. The van der Waals surface area contributed by atoms with Gasteiger partial charge in [0.25, 0.3) is 11.8 Å². The SMILES string of the molecule is COc1nc(C(=O)N2CCN(C(=O)c3ncn(-c4ccccc4)n3)C(C)(C)C2)cc2cc(F)c(F)cc12. The first-order chi connectivity index (χ1) is 17.7. The predicted octanol–water partition coefficient (Wildman–Crippen LogP) is 3.48. The summed E-state index contributed by atoms with van der Waals surface area (Å²) < 4.78 is 34.4. The maximum atomic E-state index is 13.8. The number of hydrogen-bond donors (Lipinski definition) is 0. The van der Waals surface area contributed by atoms with Gasteiger partial charge in [-0.05, 0) is 49.6 Å². The summed E-state index contributed by atoms with van der Waals surface area (Å²) in [7, 11) is 1.35. The first-order valence-electron chi connectivity index (χ1n) is 11.6. The normalized spacial score (nSPS) is 15.2. The highest BCUT2D eigenvalue weighted by Crippen LogP contribution is 2.29. The van der Waals surface area contributed by atoms with E-state index in [1.807, 2.05) is 44.2 Å². The molecule has 37 heavy (non-hydrogen) atoms. The van der Waals surface area contributed by atoms with E-state index in [9.17, 15) is 18.4 Å². The Hall–Kier alpha value is -4.41. The molecular formula is C26H24F2N6O3. The molecule has 2 amide bonds. The molecule has 11 heteroatoms. The van der Waals surface area contributed by atoms with Gasteiger partial charge in [0.1, 0.15) is 12.0 Å². The molecule has 0 spiro atoms. The van der Waals surface area contributed by atoms with Gasteiger partial charge in [-0.3, -0.25) is 9.59 Å². The van der Waals surface area contributed by atoms with E-state index in [0.717, 1.165) is 17.8 Å². The van der Waals surface area contributed by atoms with Gasteiger partial charge in [-0.1, -0.05) is 18.2 Å². The number of aromatic nitrogens is 4. The number of pyridine rings is 1. The van der Waals surface area contributed by atoms with Crippen LogP contribution in [0.5, 0.6) is 5.88 Å². The van der Waals surface area contributed by atoms with Gasteiger partial charge < -0.3 is 14.5 Å². The Labute approximate surface area is 211 Å². The standard InChI is InChI=1S/C26H24F2N6O3/c1-26(2)14-32(24(35)21-12-16-11-19(27)20(28)13-18(16)23(30-21)37-3)9-10-33(26)25(36)22-29-15-34(31-22)17-7-5-4-6-8-17/h4-8,11-13,15H,9-10,14H2,1-3H3. The smallest absolute Gasteiger partial charge is 0.294 e. The van der Waals surface area contributed by atoms with Crippen LogP contribution in [0.4, 0.5) is 8.78 Å². The Morgan fingerprint density at radius 3 is 2.43 bits per heavy atom. The molecule has 0 bridgehead atoms. The summed E-state index contributed by atoms with van der Waals surface area (Å²) in [5.74, 6) is -2.72. The van der Waals surface area contributed by atoms with Crippen molar-refractivity contribution in [2.75, 3.05) is 26.7 Å². The van der Waals surface area contributed by atoms with Crippen LogP contribution in [0.3, 0.4) is 0 Å². The van der Waals surface area contributed by atoms with Gasteiger partial charge in [0.15, 0.2) is 11.6 Å². The van der Waals surface area contributed by atoms with Crippen LogP contribution in [0.15, 0.2) is 54.9 Å². The maximum absolute atomic E-state index is 13.8. The van der Waals surface area contributed by atoms with Gasteiger partial charge in [0.05, 0.1) is 18.3 Å². The second-order valence-corrected chi connectivity index (χ2v) is 9.35. The lowest BCUT2D eigenvalue weighted by Crippen LogP contribution is -2.62. The van der Waals surface area contributed by atoms with Crippen molar-refractivity contribution in [3.63, 3.8) is 0 Å². The molecular weight excluding hydrogens is 482 g/mol. The number of amides is 2. The molecule has 3 heterocycles. The minimum absolute atomic E-state index is 0.0212. The van der Waals surface area contributed by atoms with Crippen molar-refractivity contribution in [2.24, 2.45) is 0 Å². The minimum atomic E-state index is -1.03. The average molecular weight is 507 g/mol. The predicted molar refractivity (Wildman–Crippen MR) is 131 cm³/mol. The number of nitrogens with zero attached hydrogens (tertiary/aromatic N) is 6. The molecule has 0 aliphatic carbocycles. The van der Waals surface area contributed by atoms with E-state index >= 15 is 0 Å². The molecule has 1 fully saturated rings. The summed E-state index contributed by atoms with van der Waals surface area (Å²) in [5, 5.41) is 4.89. The Balaban J connectivity index is 1.36. The van der Waals surface area contributed by atoms with E-state index in [0.29, 0.717) is 5.39 Å². The third kappa shape index (κ3) is 4.48. The number of fused-ring (bicyclic) bond motifs is 1. The first kappa shape index (κ1) is 24.3. The summed E-state index contributed by atoms with van der Waals surface area (Å²) >= 11 is 0. The molecule has 2 aromatic heterocycles.